The summed E-state index contributed by atoms with van der Waals surface area (Å²) in [7, 11) is 1.57. The van der Waals surface area contributed by atoms with Gasteiger partial charge in [0.1, 0.15) is 5.69 Å². The van der Waals surface area contributed by atoms with Gasteiger partial charge in [0, 0.05) is 38.3 Å². The topological polar surface area (TPSA) is 86.9 Å². The number of nitro groups is 1. The second kappa shape index (κ2) is 6.54. The minimum Gasteiger partial charge on any atom is -0.389 e. The average Bonchev–Trinajstić information content (AvgIpc) is 2.98. The van der Waals surface area contributed by atoms with E-state index >= 15 is 0 Å². The number of aliphatic hydroxyl groups is 1. The lowest BCUT2D eigenvalue weighted by Gasteiger charge is -2.26. The van der Waals surface area contributed by atoms with Crippen LogP contribution in [0.2, 0.25) is 0 Å². The van der Waals surface area contributed by atoms with Gasteiger partial charge in [0.2, 0.25) is 0 Å². The maximum absolute atomic E-state index is 12.4. The Labute approximate surface area is 135 Å². The van der Waals surface area contributed by atoms with Crippen LogP contribution in [0.25, 0.3) is 0 Å². The van der Waals surface area contributed by atoms with Crippen molar-refractivity contribution in [1.82, 2.24) is 4.90 Å². The highest BCUT2D eigenvalue weighted by molar-refractivity contribution is 5.95. The van der Waals surface area contributed by atoms with Crippen molar-refractivity contribution in [1.29, 1.82) is 0 Å². The number of hydrogen-bond donors (Lipinski definition) is 1. The quantitative estimate of drug-likeness (QED) is 0.662. The molecule has 0 spiro atoms. The third-order valence-corrected chi connectivity index (χ3v) is 3.84. The minimum atomic E-state index is -1.02. The zero-order chi connectivity index (χ0) is 17.2. The van der Waals surface area contributed by atoms with Crippen molar-refractivity contribution in [2.45, 2.75) is 32.3 Å². The summed E-state index contributed by atoms with van der Waals surface area (Å²) in [6, 6.07) is 4.59. The number of carbonyl (C=O) groups excluding carboxylic acids is 1. The van der Waals surface area contributed by atoms with E-state index in [1.54, 1.807) is 33.0 Å². The summed E-state index contributed by atoms with van der Waals surface area (Å²) >= 11 is 0. The lowest BCUT2D eigenvalue weighted by Crippen LogP contribution is -2.39. The summed E-state index contributed by atoms with van der Waals surface area (Å²) in [6.07, 6.45) is 2.04. The fraction of sp³-hybridized carbons (Fsp3) is 0.562. The van der Waals surface area contributed by atoms with Crippen LogP contribution in [0.4, 0.5) is 11.4 Å². The van der Waals surface area contributed by atoms with E-state index < -0.39 is 10.5 Å². The number of likely N-dealkylation sites (N-methyl/N-ethyl adjacent to an activating group) is 1. The van der Waals surface area contributed by atoms with Gasteiger partial charge >= 0.3 is 0 Å². The van der Waals surface area contributed by atoms with Crippen LogP contribution in [0.3, 0.4) is 0 Å². The molecular weight excluding hydrogens is 298 g/mol. The molecule has 0 atom stereocenters. The van der Waals surface area contributed by atoms with Crippen LogP contribution in [-0.2, 0) is 0 Å². The summed E-state index contributed by atoms with van der Waals surface area (Å²) in [4.78, 5) is 26.7. The SMILES string of the molecule is CN(CC(C)(C)O)C(=O)c1ccc(N2CCCC2)c([N+](=O)[O-])c1. The minimum absolute atomic E-state index is 0.0468. The number of amides is 1. The molecule has 1 saturated heterocycles. The number of anilines is 1. The Morgan fingerprint density at radius 2 is 2.00 bits per heavy atom. The van der Waals surface area contributed by atoms with E-state index in [1.807, 2.05) is 4.90 Å². The van der Waals surface area contributed by atoms with Crippen molar-refractivity contribution in [3.63, 3.8) is 0 Å². The van der Waals surface area contributed by atoms with Crippen LogP contribution in [0.15, 0.2) is 18.2 Å². The van der Waals surface area contributed by atoms with Crippen LogP contribution in [-0.4, -0.2) is 53.1 Å². The molecule has 0 aliphatic carbocycles. The van der Waals surface area contributed by atoms with Gasteiger partial charge < -0.3 is 14.9 Å². The average molecular weight is 321 g/mol. The van der Waals surface area contributed by atoms with Crippen molar-refractivity contribution in [2.24, 2.45) is 0 Å². The largest absolute Gasteiger partial charge is 0.389 e. The maximum Gasteiger partial charge on any atom is 0.293 e. The first kappa shape index (κ1) is 17.2. The van der Waals surface area contributed by atoms with Crippen LogP contribution in [0, 0.1) is 10.1 Å². The zero-order valence-electron chi connectivity index (χ0n) is 13.8. The third kappa shape index (κ3) is 4.19. The lowest BCUT2D eigenvalue weighted by atomic mass is 10.1. The Hall–Kier alpha value is -2.15. The van der Waals surface area contributed by atoms with E-state index in [4.69, 9.17) is 0 Å². The molecule has 1 aliphatic heterocycles. The van der Waals surface area contributed by atoms with Gasteiger partial charge in [-0.2, -0.15) is 0 Å². The van der Waals surface area contributed by atoms with Gasteiger partial charge in [-0.15, -0.1) is 0 Å². The van der Waals surface area contributed by atoms with E-state index in [2.05, 4.69) is 0 Å². The molecule has 7 nitrogen and oxygen atoms in total. The smallest absolute Gasteiger partial charge is 0.293 e. The van der Waals surface area contributed by atoms with E-state index in [9.17, 15) is 20.0 Å². The Balaban J connectivity index is 2.28. The Bertz CT molecular complexity index is 604. The van der Waals surface area contributed by atoms with Gasteiger partial charge in [-0.25, -0.2) is 0 Å². The number of carbonyl (C=O) groups is 1. The molecule has 0 unspecified atom stereocenters. The predicted molar refractivity (Wildman–Crippen MR) is 87.8 cm³/mol. The van der Waals surface area contributed by atoms with Crippen molar-refractivity contribution >= 4 is 17.3 Å². The Morgan fingerprint density at radius 3 is 2.52 bits per heavy atom. The fourth-order valence-electron chi connectivity index (χ4n) is 2.90. The highest BCUT2D eigenvalue weighted by Gasteiger charge is 2.26. The molecule has 1 heterocycles. The Kier molecular flexibility index (Phi) is 4.89. The number of nitro benzene ring substituents is 1. The van der Waals surface area contributed by atoms with Gasteiger partial charge in [-0.1, -0.05) is 0 Å². The third-order valence-electron chi connectivity index (χ3n) is 3.84. The molecule has 1 aromatic carbocycles. The van der Waals surface area contributed by atoms with Crippen LogP contribution in [0.5, 0.6) is 0 Å². The second-order valence-corrected chi connectivity index (χ2v) is 6.63. The second-order valence-electron chi connectivity index (χ2n) is 6.63. The number of benzene rings is 1. The fourth-order valence-corrected chi connectivity index (χ4v) is 2.90. The van der Waals surface area contributed by atoms with Gasteiger partial charge in [0.25, 0.3) is 11.6 Å². The molecule has 0 bridgehead atoms. The molecule has 0 aromatic heterocycles. The van der Waals surface area contributed by atoms with Gasteiger partial charge in [0.05, 0.1) is 10.5 Å². The van der Waals surface area contributed by atoms with E-state index in [-0.39, 0.29) is 23.7 Å². The molecule has 1 aromatic rings. The van der Waals surface area contributed by atoms with Gasteiger partial charge in [-0.05, 0) is 38.8 Å². The summed E-state index contributed by atoms with van der Waals surface area (Å²) in [5.41, 5.74) is -0.249. The molecule has 1 fully saturated rings. The first-order valence-corrected chi connectivity index (χ1v) is 7.70. The molecule has 1 N–H and O–H groups in total. The van der Waals surface area contributed by atoms with Crippen molar-refractivity contribution in [2.75, 3.05) is 31.6 Å². The molecule has 1 aliphatic rings. The number of hydrogen-bond acceptors (Lipinski definition) is 5. The predicted octanol–water partition coefficient (Wildman–Crippen LogP) is 2.04. The molecule has 23 heavy (non-hydrogen) atoms. The summed E-state index contributed by atoms with van der Waals surface area (Å²) in [5.74, 6) is -0.344. The molecule has 0 radical (unpaired) electrons. The lowest BCUT2D eigenvalue weighted by molar-refractivity contribution is -0.384. The first-order chi connectivity index (χ1) is 10.7. The highest BCUT2D eigenvalue weighted by Crippen LogP contribution is 2.32. The molecule has 7 heteroatoms. The van der Waals surface area contributed by atoms with E-state index in [1.165, 1.54) is 11.0 Å². The standard InChI is InChI=1S/C16H23N3O4/c1-16(2,21)11-17(3)15(20)12-6-7-13(14(10-12)19(22)23)18-8-4-5-9-18/h6-7,10,21H,4-5,8-9,11H2,1-3H3. The summed E-state index contributed by atoms with van der Waals surface area (Å²) in [6.45, 7) is 4.96. The van der Waals surface area contributed by atoms with Crippen molar-refractivity contribution in [3.8, 4) is 0 Å². The van der Waals surface area contributed by atoms with E-state index in [0.717, 1.165) is 25.9 Å². The monoisotopic (exact) mass is 321 g/mol. The molecule has 2 rings (SSSR count). The summed E-state index contributed by atoms with van der Waals surface area (Å²) in [5, 5.41) is 21.2. The molecular formula is C16H23N3O4. The van der Waals surface area contributed by atoms with Crippen molar-refractivity contribution in [3.05, 3.63) is 33.9 Å². The number of nitrogens with zero attached hydrogens (tertiary/aromatic N) is 3. The van der Waals surface area contributed by atoms with E-state index in [0.29, 0.717) is 5.69 Å². The molecule has 1 amide bonds. The number of rotatable bonds is 5. The van der Waals surface area contributed by atoms with Crippen LogP contribution in [0.1, 0.15) is 37.0 Å². The molecule has 0 saturated carbocycles. The van der Waals surface area contributed by atoms with Crippen LogP contribution >= 0.6 is 0 Å². The maximum atomic E-state index is 12.4. The molecule has 126 valence electrons. The van der Waals surface area contributed by atoms with Crippen LogP contribution < -0.4 is 4.90 Å². The first-order valence-electron chi connectivity index (χ1n) is 7.70. The van der Waals surface area contributed by atoms with Gasteiger partial charge in [0.15, 0.2) is 0 Å². The summed E-state index contributed by atoms with van der Waals surface area (Å²) < 4.78 is 0. The Morgan fingerprint density at radius 1 is 1.39 bits per heavy atom. The normalized spacial score (nSPS) is 14.9. The van der Waals surface area contributed by atoms with Gasteiger partial charge in [-0.3, -0.25) is 14.9 Å². The zero-order valence-corrected chi connectivity index (χ0v) is 13.8. The van der Waals surface area contributed by atoms with Crippen molar-refractivity contribution < 1.29 is 14.8 Å². The highest BCUT2D eigenvalue weighted by atomic mass is 16.6.